The van der Waals surface area contributed by atoms with Crippen molar-refractivity contribution in [3.8, 4) is 0 Å². The fourth-order valence-electron chi connectivity index (χ4n) is 1.19. The van der Waals surface area contributed by atoms with Gasteiger partial charge in [-0.3, -0.25) is 0 Å². The van der Waals surface area contributed by atoms with Crippen LogP contribution in [0.25, 0.3) is 0 Å². The van der Waals surface area contributed by atoms with Gasteiger partial charge in [-0.2, -0.15) is 0 Å². The Hall–Kier alpha value is -0.640. The summed E-state index contributed by atoms with van der Waals surface area (Å²) >= 11 is 3.31. The molecule has 0 unspecified atom stereocenters. The number of halogens is 1. The molecule has 0 aromatic carbocycles. The van der Waals surface area contributed by atoms with Gasteiger partial charge in [-0.25, -0.2) is 9.97 Å². The molecule has 13 heavy (non-hydrogen) atoms. The first-order valence-electron chi connectivity index (χ1n) is 4.39. The van der Waals surface area contributed by atoms with Crippen molar-refractivity contribution in [1.82, 2.24) is 9.97 Å². The van der Waals surface area contributed by atoms with E-state index in [1.807, 2.05) is 0 Å². The fourth-order valence-corrected chi connectivity index (χ4v) is 1.40. The Kier molecular flexibility index (Phi) is 3.66. The van der Waals surface area contributed by atoms with Crippen LogP contribution in [0, 0.1) is 0 Å². The molecule has 3 nitrogen and oxygen atoms in total. The van der Waals surface area contributed by atoms with Crippen LogP contribution in [0.15, 0.2) is 16.9 Å². The molecule has 0 saturated carbocycles. The quantitative estimate of drug-likeness (QED) is 0.817. The van der Waals surface area contributed by atoms with Gasteiger partial charge in [0.05, 0.1) is 4.47 Å². The summed E-state index contributed by atoms with van der Waals surface area (Å²) in [5.74, 6) is 0.792. The van der Waals surface area contributed by atoms with Crippen LogP contribution in [0.2, 0.25) is 0 Å². The van der Waals surface area contributed by atoms with Crippen molar-refractivity contribution in [2.75, 3.05) is 11.4 Å². The molecule has 0 bridgehead atoms. The predicted molar refractivity (Wildman–Crippen MR) is 57.9 cm³/mol. The summed E-state index contributed by atoms with van der Waals surface area (Å²) in [6.07, 6.45) is 3.54. The third-order valence-corrected chi connectivity index (χ3v) is 2.24. The van der Waals surface area contributed by atoms with Gasteiger partial charge in [0.15, 0.2) is 0 Å². The maximum atomic E-state index is 4.24. The van der Waals surface area contributed by atoms with Crippen LogP contribution >= 0.6 is 15.9 Å². The first-order chi connectivity index (χ1) is 6.15. The summed E-state index contributed by atoms with van der Waals surface area (Å²) in [4.78, 5) is 10.6. The molecular weight excluding hydrogens is 230 g/mol. The van der Waals surface area contributed by atoms with Crippen molar-refractivity contribution >= 4 is 21.9 Å². The number of hydrogen-bond acceptors (Lipinski definition) is 3. The lowest BCUT2D eigenvalue weighted by Crippen LogP contribution is -2.31. The van der Waals surface area contributed by atoms with Crippen molar-refractivity contribution in [2.24, 2.45) is 0 Å². The Bertz CT molecular complexity index is 258. The van der Waals surface area contributed by atoms with E-state index in [0.29, 0.717) is 6.04 Å². The molecule has 0 aliphatic rings. The molecule has 0 aliphatic heterocycles. The van der Waals surface area contributed by atoms with Crippen LogP contribution in [-0.2, 0) is 0 Å². The van der Waals surface area contributed by atoms with Gasteiger partial charge < -0.3 is 4.90 Å². The van der Waals surface area contributed by atoms with Gasteiger partial charge in [-0.15, -0.1) is 0 Å². The first kappa shape index (κ1) is 10.4. The lowest BCUT2D eigenvalue weighted by molar-refractivity contribution is 0.680. The largest absolute Gasteiger partial charge is 0.339 e. The minimum absolute atomic E-state index is 0.436. The van der Waals surface area contributed by atoms with Gasteiger partial charge in [0, 0.05) is 25.0 Å². The summed E-state index contributed by atoms with van der Waals surface area (Å²) in [5, 5.41) is 0. The molecule has 1 aromatic rings. The number of hydrogen-bond donors (Lipinski definition) is 0. The SMILES string of the molecule is CCN(c1ncc(Br)cn1)C(C)C. The lowest BCUT2D eigenvalue weighted by atomic mass is 10.3. The molecule has 1 aromatic heterocycles. The van der Waals surface area contributed by atoms with Gasteiger partial charge in [-0.1, -0.05) is 0 Å². The van der Waals surface area contributed by atoms with Crippen molar-refractivity contribution < 1.29 is 0 Å². The van der Waals surface area contributed by atoms with E-state index in [9.17, 15) is 0 Å². The van der Waals surface area contributed by atoms with Crippen LogP contribution in [-0.4, -0.2) is 22.6 Å². The number of nitrogens with zero attached hydrogens (tertiary/aromatic N) is 3. The first-order valence-corrected chi connectivity index (χ1v) is 5.18. The molecule has 0 N–H and O–H groups in total. The molecule has 0 spiro atoms. The normalized spacial score (nSPS) is 10.5. The molecule has 0 atom stereocenters. The van der Waals surface area contributed by atoms with Gasteiger partial charge in [0.25, 0.3) is 0 Å². The summed E-state index contributed by atoms with van der Waals surface area (Å²) in [5.41, 5.74) is 0. The van der Waals surface area contributed by atoms with Crippen LogP contribution in [0.1, 0.15) is 20.8 Å². The van der Waals surface area contributed by atoms with Crippen LogP contribution in [0.3, 0.4) is 0 Å². The lowest BCUT2D eigenvalue weighted by Gasteiger charge is -2.24. The van der Waals surface area contributed by atoms with Gasteiger partial charge in [0.2, 0.25) is 5.95 Å². The van der Waals surface area contributed by atoms with Crippen molar-refractivity contribution in [3.05, 3.63) is 16.9 Å². The van der Waals surface area contributed by atoms with E-state index in [4.69, 9.17) is 0 Å². The highest BCUT2D eigenvalue weighted by molar-refractivity contribution is 9.10. The second-order valence-electron chi connectivity index (χ2n) is 3.08. The van der Waals surface area contributed by atoms with E-state index in [-0.39, 0.29) is 0 Å². The maximum absolute atomic E-state index is 4.24. The second-order valence-corrected chi connectivity index (χ2v) is 4.00. The minimum Gasteiger partial charge on any atom is -0.339 e. The van der Waals surface area contributed by atoms with Crippen LogP contribution < -0.4 is 4.90 Å². The molecule has 1 heterocycles. The molecule has 0 saturated heterocycles. The average Bonchev–Trinajstić information content (AvgIpc) is 2.09. The number of anilines is 1. The van der Waals surface area contributed by atoms with Gasteiger partial charge >= 0.3 is 0 Å². The molecule has 72 valence electrons. The third kappa shape index (κ3) is 2.66. The number of aromatic nitrogens is 2. The van der Waals surface area contributed by atoms with E-state index in [2.05, 4.69) is 51.6 Å². The Morgan fingerprint density at radius 1 is 1.38 bits per heavy atom. The zero-order valence-corrected chi connectivity index (χ0v) is 9.74. The number of rotatable bonds is 3. The Labute approximate surface area is 87.3 Å². The second kappa shape index (κ2) is 4.56. The smallest absolute Gasteiger partial charge is 0.225 e. The Morgan fingerprint density at radius 2 is 1.92 bits per heavy atom. The van der Waals surface area contributed by atoms with Gasteiger partial charge in [0.1, 0.15) is 0 Å². The van der Waals surface area contributed by atoms with E-state index >= 15 is 0 Å². The average molecular weight is 244 g/mol. The van der Waals surface area contributed by atoms with E-state index in [0.717, 1.165) is 17.0 Å². The molecule has 0 fully saturated rings. The molecule has 0 amide bonds. The minimum atomic E-state index is 0.436. The molecule has 0 aliphatic carbocycles. The summed E-state index contributed by atoms with van der Waals surface area (Å²) in [7, 11) is 0. The highest BCUT2D eigenvalue weighted by Crippen LogP contribution is 2.12. The predicted octanol–water partition coefficient (Wildman–Crippen LogP) is 2.47. The van der Waals surface area contributed by atoms with Crippen LogP contribution in [0.5, 0.6) is 0 Å². The molecule has 1 rings (SSSR count). The summed E-state index contributed by atoms with van der Waals surface area (Å²) < 4.78 is 0.913. The highest BCUT2D eigenvalue weighted by atomic mass is 79.9. The molecular formula is C9H14BrN3. The summed E-state index contributed by atoms with van der Waals surface area (Å²) in [6.45, 7) is 7.30. The zero-order valence-electron chi connectivity index (χ0n) is 8.16. The molecule has 0 radical (unpaired) electrons. The topological polar surface area (TPSA) is 29.0 Å². The van der Waals surface area contributed by atoms with Crippen molar-refractivity contribution in [3.63, 3.8) is 0 Å². The summed E-state index contributed by atoms with van der Waals surface area (Å²) in [6, 6.07) is 0.436. The maximum Gasteiger partial charge on any atom is 0.225 e. The Morgan fingerprint density at radius 3 is 2.31 bits per heavy atom. The van der Waals surface area contributed by atoms with E-state index < -0.39 is 0 Å². The van der Waals surface area contributed by atoms with E-state index in [1.165, 1.54) is 0 Å². The van der Waals surface area contributed by atoms with Gasteiger partial charge in [-0.05, 0) is 36.7 Å². The fraction of sp³-hybridized carbons (Fsp3) is 0.556. The van der Waals surface area contributed by atoms with Crippen molar-refractivity contribution in [1.29, 1.82) is 0 Å². The van der Waals surface area contributed by atoms with E-state index in [1.54, 1.807) is 12.4 Å². The standard InChI is InChI=1S/C9H14BrN3/c1-4-13(7(2)3)9-11-5-8(10)6-12-9/h5-7H,4H2,1-3H3. The van der Waals surface area contributed by atoms with Crippen LogP contribution in [0.4, 0.5) is 5.95 Å². The zero-order chi connectivity index (χ0) is 9.84. The highest BCUT2D eigenvalue weighted by Gasteiger charge is 2.09. The monoisotopic (exact) mass is 243 g/mol. The van der Waals surface area contributed by atoms with Crippen molar-refractivity contribution in [2.45, 2.75) is 26.8 Å². The molecule has 4 heteroatoms. The third-order valence-electron chi connectivity index (χ3n) is 1.83. The Balaban J connectivity index is 2.86.